The second-order valence-electron chi connectivity index (χ2n) is 14.8. The number of nitrogens with two attached hydrogens (primary N) is 1. The minimum Gasteiger partial charge on any atom is -0.756 e. The molecule has 345 valence electrons. The van der Waals surface area contributed by atoms with Crippen molar-refractivity contribution in [3.05, 3.63) is 11.6 Å². The molecule has 19 nitrogen and oxygen atoms in total. The van der Waals surface area contributed by atoms with Gasteiger partial charge in [-0.05, 0) is 50.1 Å². The van der Waals surface area contributed by atoms with Crippen LogP contribution in [0.25, 0.3) is 11.2 Å². The fourth-order valence-corrected chi connectivity index (χ4v) is 11.0. The monoisotopic (exact) mass is 930 g/mol. The van der Waals surface area contributed by atoms with Crippen LogP contribution in [-0.4, -0.2) is 106 Å². The molecular formula is C36H69BClN7O12P3. The molecule has 0 bridgehead atoms. The van der Waals surface area contributed by atoms with E-state index in [0.717, 1.165) is 0 Å². The average Bonchev–Trinajstić information content (AvgIpc) is 3.90. The summed E-state index contributed by atoms with van der Waals surface area (Å²) >= 11 is 5.91. The largest absolute Gasteiger partial charge is 0.756 e. The van der Waals surface area contributed by atoms with Gasteiger partial charge in [-0.25, -0.2) is 17.9 Å². The highest BCUT2D eigenvalue weighted by Crippen LogP contribution is 2.73. The molecule has 0 aliphatic carbocycles. The van der Waals surface area contributed by atoms with Gasteiger partial charge in [0.05, 0.1) is 52.2 Å². The third-order valence-electron chi connectivity index (χ3n) is 9.89. The van der Waals surface area contributed by atoms with Crippen molar-refractivity contribution < 1.29 is 65.1 Å². The number of nitrogens with zero attached hydrogens (tertiary/aromatic N) is 4. The number of hydrogen-bond donors (Lipinski definition) is 3. The number of nitrogen functional groups attached to an aromatic ring is 1. The average molecular weight is 931 g/mol. The van der Waals surface area contributed by atoms with Gasteiger partial charge in [-0.1, -0.05) is 80.1 Å². The summed E-state index contributed by atoms with van der Waals surface area (Å²) in [6, 6.07) is 0. The van der Waals surface area contributed by atoms with Crippen molar-refractivity contribution in [2.75, 3.05) is 58.7 Å². The van der Waals surface area contributed by atoms with Gasteiger partial charge in [-0.15, -0.1) is 0 Å². The molecule has 0 spiro atoms. The normalized spacial score (nSPS) is 27.3. The molecule has 3 radical (unpaired) electrons. The van der Waals surface area contributed by atoms with Crippen LogP contribution in [0, 0.1) is 0 Å². The summed E-state index contributed by atoms with van der Waals surface area (Å²) in [5.74, 6) is 0.0530. The van der Waals surface area contributed by atoms with E-state index in [4.69, 9.17) is 40.8 Å². The molecule has 5 heterocycles. The molecule has 2 aromatic heterocycles. The van der Waals surface area contributed by atoms with Gasteiger partial charge in [-0.2, -0.15) is 9.97 Å². The van der Waals surface area contributed by atoms with Gasteiger partial charge < -0.3 is 48.8 Å². The quantitative estimate of drug-likeness (QED) is 0.0810. The van der Waals surface area contributed by atoms with Gasteiger partial charge in [0.25, 0.3) is 22.1 Å². The van der Waals surface area contributed by atoms with Crippen LogP contribution in [0.1, 0.15) is 125 Å². The Balaban J connectivity index is 0.000000382. The first kappa shape index (κ1) is 55.2. The first-order valence-corrected chi connectivity index (χ1v) is 25.6. The number of anilines is 1. The predicted octanol–water partition coefficient (Wildman–Crippen LogP) is 4.08. The Morgan fingerprint density at radius 2 is 1.23 bits per heavy atom. The van der Waals surface area contributed by atoms with Crippen molar-refractivity contribution in [1.29, 1.82) is 0 Å². The van der Waals surface area contributed by atoms with Crippen molar-refractivity contribution in [2.45, 2.75) is 150 Å². The smallest absolute Gasteiger partial charge is 0.346 e. The predicted molar refractivity (Wildman–Crippen MR) is 227 cm³/mol. The number of nitrogens with one attached hydrogen (secondary N) is 2. The molecule has 0 saturated carbocycles. The van der Waals surface area contributed by atoms with E-state index < -0.39 is 61.9 Å². The van der Waals surface area contributed by atoms with Gasteiger partial charge >= 0.3 is 8.60 Å². The Morgan fingerprint density at radius 3 is 1.67 bits per heavy atom. The number of hydrogen-bond acceptors (Lipinski definition) is 16. The highest BCUT2D eigenvalue weighted by Gasteiger charge is 2.54. The first-order chi connectivity index (χ1) is 28.2. The fraction of sp³-hybridized carbons (Fsp3) is 0.861. The van der Waals surface area contributed by atoms with Gasteiger partial charge in [0, 0.05) is 15.5 Å². The molecule has 7 atom stereocenters. The highest BCUT2D eigenvalue weighted by atomic mass is 35.5. The van der Waals surface area contributed by atoms with E-state index in [0.29, 0.717) is 0 Å². The highest BCUT2D eigenvalue weighted by molar-refractivity contribution is 7.71. The molecule has 0 amide bonds. The molecule has 5 rings (SSSR count). The minimum absolute atomic E-state index is 0. The second-order valence-corrected chi connectivity index (χ2v) is 19.6. The number of methoxy groups -OCH3 is 1. The molecule has 4 N–H and O–H groups in total. The Bertz CT molecular complexity index is 1510. The lowest BCUT2D eigenvalue weighted by Crippen LogP contribution is -3.12. The number of fused-ring (bicyclic) bond motifs is 2. The van der Waals surface area contributed by atoms with Gasteiger partial charge in [0.2, 0.25) is 5.28 Å². The van der Waals surface area contributed by atoms with Crippen molar-refractivity contribution in [3.63, 3.8) is 0 Å². The van der Waals surface area contributed by atoms with Crippen LogP contribution >= 0.6 is 35.8 Å². The molecule has 3 saturated heterocycles. The maximum Gasteiger partial charge on any atom is 0.346 e. The topological polar surface area (TPSA) is 233 Å². The van der Waals surface area contributed by atoms with E-state index >= 15 is 0 Å². The summed E-state index contributed by atoms with van der Waals surface area (Å²) in [5, 5.41) is -0.116. The third kappa shape index (κ3) is 18.3. The van der Waals surface area contributed by atoms with E-state index in [9.17, 15) is 18.9 Å². The lowest BCUT2D eigenvalue weighted by molar-refractivity contribution is -0.900. The molecule has 3 aliphatic heterocycles. The van der Waals surface area contributed by atoms with Crippen LogP contribution in [0.2, 0.25) is 5.28 Å². The zero-order chi connectivity index (χ0) is 43.4. The number of phosphoric acid groups is 2. The van der Waals surface area contributed by atoms with Crippen LogP contribution < -0.4 is 25.3 Å². The van der Waals surface area contributed by atoms with Crippen molar-refractivity contribution >= 4 is 61.2 Å². The van der Waals surface area contributed by atoms with Gasteiger partial charge in [0.1, 0.15) is 23.8 Å². The molecule has 2 aromatic rings. The number of quaternary nitrogens is 2. The number of rotatable bonds is 23. The number of unbranched alkanes of at least 4 members (excludes halogenated alkanes) is 6. The maximum absolute atomic E-state index is 11.5. The molecule has 24 heteroatoms. The second kappa shape index (κ2) is 28.8. The lowest BCUT2D eigenvalue weighted by atomic mass is 10.1. The Morgan fingerprint density at radius 1 is 0.783 bits per heavy atom. The van der Waals surface area contributed by atoms with Crippen molar-refractivity contribution in [3.8, 4) is 0 Å². The summed E-state index contributed by atoms with van der Waals surface area (Å²) < 4.78 is 64.6. The van der Waals surface area contributed by atoms with Gasteiger partial charge in [-0.3, -0.25) is 13.7 Å². The van der Waals surface area contributed by atoms with E-state index in [1.54, 1.807) is 0 Å². The Labute approximate surface area is 364 Å². The first-order valence-electron chi connectivity index (χ1n) is 21.2. The Kier molecular flexibility index (Phi) is 26.5. The number of aromatic nitrogens is 4. The SMILES string of the molecule is CCCC[NH+](CCCC)CCCC.CCCC[NH+](CCCC)CCCC.COC1O[C@@H]2[C@H](O1)[C@@H](COP1OP(=O)([O-])OP(=O)([O-])O1)O[C@H]2n1cnc2c(N)nc(Cl)nc21.[B]. The van der Waals surface area contributed by atoms with E-state index in [1.807, 2.05) is 9.80 Å². The molecule has 3 aliphatic rings. The minimum atomic E-state index is -5.17. The van der Waals surface area contributed by atoms with Crippen molar-refractivity contribution in [1.82, 2.24) is 19.5 Å². The molecule has 3 fully saturated rings. The zero-order valence-electron chi connectivity index (χ0n) is 36.5. The standard InChI is InChI=1S/C12H15ClN5O12P3.2C12H27N.B/c1-23-12-26-6-4(2-24-31-28-32(19,20)30-33(21,22)29-31)25-10(7(6)27-12)18-3-15-5-8(14)16-11(13)17-9(5)18;2*1-4-7-10-13(11-8-5-2)12-9-6-3;/h3-4,6-7,10,12H,2H2,1H3,(H,19,20)(H,21,22)(H2,14,16,17);2*4-12H2,1-3H3;/t4-,6-,7-,10-,12?;;;/m1.../s1. The van der Waals surface area contributed by atoms with Crippen LogP contribution in [0.15, 0.2) is 6.33 Å². The van der Waals surface area contributed by atoms with Crippen LogP contribution in [0.4, 0.5) is 5.82 Å². The van der Waals surface area contributed by atoms with E-state index in [1.165, 1.54) is 134 Å². The van der Waals surface area contributed by atoms with Crippen LogP contribution in [-0.2, 0) is 45.5 Å². The van der Waals surface area contributed by atoms with Crippen molar-refractivity contribution in [2.24, 2.45) is 0 Å². The summed E-state index contributed by atoms with van der Waals surface area (Å²) in [6.45, 7) is 20.7. The van der Waals surface area contributed by atoms with E-state index in [-0.39, 0.29) is 30.7 Å². The lowest BCUT2D eigenvalue weighted by Gasteiger charge is -2.38. The summed E-state index contributed by atoms with van der Waals surface area (Å²) in [5.41, 5.74) is 6.36. The maximum atomic E-state index is 11.5. The molecule has 60 heavy (non-hydrogen) atoms. The van der Waals surface area contributed by atoms with Gasteiger partial charge in [0.15, 0.2) is 17.7 Å². The molecule has 0 aromatic carbocycles. The molecular weight excluding hydrogens is 862 g/mol. The van der Waals surface area contributed by atoms with Crippen LogP contribution in [0.5, 0.6) is 0 Å². The summed E-state index contributed by atoms with van der Waals surface area (Å²) in [7, 11) is -11.8. The Hall–Kier alpha value is -0.885. The number of ether oxygens (including phenoxy) is 4. The number of halogens is 1. The van der Waals surface area contributed by atoms with Crippen LogP contribution in [0.3, 0.4) is 0 Å². The fourth-order valence-electron chi connectivity index (χ4n) is 6.69. The summed E-state index contributed by atoms with van der Waals surface area (Å²) in [4.78, 5) is 38.7. The summed E-state index contributed by atoms with van der Waals surface area (Å²) in [6.07, 6.45) is 14.6. The molecule has 3 unspecified atom stereocenters. The number of imidazole rings is 1. The zero-order valence-corrected chi connectivity index (χ0v) is 39.9. The van der Waals surface area contributed by atoms with E-state index in [2.05, 4.69) is 69.4 Å². The third-order valence-corrected chi connectivity index (χ3v) is 14.7.